The van der Waals surface area contributed by atoms with Crippen LogP contribution in [-0.4, -0.2) is 65.6 Å². The highest BCUT2D eigenvalue weighted by Crippen LogP contribution is 2.37. The summed E-state index contributed by atoms with van der Waals surface area (Å²) in [4.78, 5) is 5.32. The summed E-state index contributed by atoms with van der Waals surface area (Å²) in [6.45, 7) is 3.31. The lowest BCUT2D eigenvalue weighted by molar-refractivity contribution is 0.0915. The lowest BCUT2D eigenvalue weighted by Crippen LogP contribution is -2.57. The van der Waals surface area contributed by atoms with E-state index < -0.39 is 0 Å². The van der Waals surface area contributed by atoms with E-state index in [9.17, 15) is 0 Å². The van der Waals surface area contributed by atoms with Crippen molar-refractivity contribution in [2.75, 3.05) is 38.2 Å². The topological polar surface area (TPSA) is 32.5 Å². The molecule has 98 valence electrons. The quantitative estimate of drug-likeness (QED) is 0.812. The van der Waals surface area contributed by atoms with E-state index >= 15 is 0 Å². The Morgan fingerprint density at radius 3 is 2.82 bits per heavy atom. The van der Waals surface area contributed by atoms with Gasteiger partial charge in [-0.15, -0.1) is 0 Å². The van der Waals surface area contributed by atoms with Gasteiger partial charge in [0, 0.05) is 43.0 Å². The van der Waals surface area contributed by atoms with Crippen LogP contribution in [0.4, 0.5) is 0 Å². The van der Waals surface area contributed by atoms with Gasteiger partial charge in [-0.1, -0.05) is 0 Å². The Morgan fingerprint density at radius 1 is 1.41 bits per heavy atom. The fourth-order valence-electron chi connectivity index (χ4n) is 3.45. The number of hydrogen-bond acceptors (Lipinski definition) is 4. The maximum absolute atomic E-state index is 6.14. The van der Waals surface area contributed by atoms with Crippen LogP contribution in [0.1, 0.15) is 25.7 Å². The molecule has 2 N–H and O–H groups in total. The molecule has 0 bridgehead atoms. The van der Waals surface area contributed by atoms with Crippen molar-refractivity contribution in [3.63, 3.8) is 0 Å². The van der Waals surface area contributed by atoms with Crippen molar-refractivity contribution in [3.05, 3.63) is 0 Å². The number of likely N-dealkylation sites (N-methyl/N-ethyl adjacent to an activating group) is 1. The minimum atomic E-state index is 0.276. The molecule has 0 amide bonds. The SMILES string of the molecule is CN(C1CCSC1)C1(CN)CCN(C2CC2)C1. The van der Waals surface area contributed by atoms with Gasteiger partial charge in [0.15, 0.2) is 0 Å². The number of thioether (sulfide) groups is 1. The second-order valence-corrected chi connectivity index (χ2v) is 7.16. The van der Waals surface area contributed by atoms with Crippen molar-refractivity contribution in [2.45, 2.75) is 43.3 Å². The van der Waals surface area contributed by atoms with E-state index in [1.165, 1.54) is 50.3 Å². The lowest BCUT2D eigenvalue weighted by Gasteiger charge is -2.41. The lowest BCUT2D eigenvalue weighted by atomic mass is 9.94. The monoisotopic (exact) mass is 255 g/mol. The van der Waals surface area contributed by atoms with Gasteiger partial charge in [0.2, 0.25) is 0 Å². The van der Waals surface area contributed by atoms with Crippen molar-refractivity contribution >= 4 is 11.8 Å². The molecule has 0 aromatic rings. The molecule has 2 atom stereocenters. The number of hydrogen-bond donors (Lipinski definition) is 1. The molecular weight excluding hydrogens is 230 g/mol. The summed E-state index contributed by atoms with van der Waals surface area (Å²) < 4.78 is 0. The maximum Gasteiger partial charge on any atom is 0.0470 e. The highest BCUT2D eigenvalue weighted by Gasteiger charge is 2.46. The van der Waals surface area contributed by atoms with Crippen LogP contribution < -0.4 is 5.73 Å². The molecule has 17 heavy (non-hydrogen) atoms. The number of nitrogens with two attached hydrogens (primary N) is 1. The predicted octanol–water partition coefficient (Wildman–Crippen LogP) is 0.989. The standard InChI is InChI=1S/C13H25N3S/c1-15(12-4-7-17-8-12)13(9-14)5-6-16(10-13)11-2-3-11/h11-12H,2-10,14H2,1H3. The molecule has 2 unspecified atom stereocenters. The van der Waals surface area contributed by atoms with Crippen LogP contribution in [0.5, 0.6) is 0 Å². The first-order valence-corrected chi connectivity index (χ1v) is 8.15. The van der Waals surface area contributed by atoms with E-state index in [4.69, 9.17) is 5.73 Å². The summed E-state index contributed by atoms with van der Waals surface area (Å²) in [5.74, 6) is 2.64. The van der Waals surface area contributed by atoms with Gasteiger partial charge in [0.25, 0.3) is 0 Å². The molecule has 0 radical (unpaired) electrons. The molecule has 0 aromatic carbocycles. The molecule has 3 aliphatic rings. The van der Waals surface area contributed by atoms with Gasteiger partial charge in [0.1, 0.15) is 0 Å². The molecule has 2 aliphatic heterocycles. The zero-order valence-electron chi connectivity index (χ0n) is 10.9. The van der Waals surface area contributed by atoms with Gasteiger partial charge in [0.05, 0.1) is 0 Å². The van der Waals surface area contributed by atoms with Crippen LogP contribution in [0, 0.1) is 0 Å². The highest BCUT2D eigenvalue weighted by atomic mass is 32.2. The third-order valence-corrected chi connectivity index (χ3v) is 6.15. The minimum absolute atomic E-state index is 0.276. The van der Waals surface area contributed by atoms with Crippen LogP contribution in [0.25, 0.3) is 0 Å². The van der Waals surface area contributed by atoms with Gasteiger partial charge in [-0.2, -0.15) is 11.8 Å². The maximum atomic E-state index is 6.14. The third kappa shape index (κ3) is 2.25. The molecule has 2 heterocycles. The second kappa shape index (κ2) is 4.72. The normalized spacial score (nSPS) is 39.4. The molecule has 0 aromatic heterocycles. The molecular formula is C13H25N3S. The Bertz CT molecular complexity index is 276. The van der Waals surface area contributed by atoms with E-state index in [2.05, 4.69) is 28.6 Å². The third-order valence-electron chi connectivity index (χ3n) is 5.01. The van der Waals surface area contributed by atoms with Crippen LogP contribution in [0.15, 0.2) is 0 Å². The molecule has 3 nitrogen and oxygen atoms in total. The van der Waals surface area contributed by atoms with Crippen LogP contribution in [-0.2, 0) is 0 Å². The zero-order valence-corrected chi connectivity index (χ0v) is 11.7. The summed E-state index contributed by atoms with van der Waals surface area (Å²) >= 11 is 2.10. The van der Waals surface area contributed by atoms with Gasteiger partial charge < -0.3 is 5.73 Å². The molecule has 2 saturated heterocycles. The summed E-state index contributed by atoms with van der Waals surface area (Å²) in [6.07, 6.45) is 5.47. The molecule has 3 fully saturated rings. The van der Waals surface area contributed by atoms with Crippen LogP contribution >= 0.6 is 11.8 Å². The fraction of sp³-hybridized carbons (Fsp3) is 1.00. The average molecular weight is 255 g/mol. The van der Waals surface area contributed by atoms with E-state index in [1.54, 1.807) is 0 Å². The minimum Gasteiger partial charge on any atom is -0.329 e. The summed E-state index contributed by atoms with van der Waals surface area (Å²) in [7, 11) is 2.32. The predicted molar refractivity (Wildman–Crippen MR) is 74.5 cm³/mol. The van der Waals surface area contributed by atoms with Gasteiger partial charge >= 0.3 is 0 Å². The first kappa shape index (κ1) is 12.3. The van der Waals surface area contributed by atoms with Crippen molar-refractivity contribution < 1.29 is 0 Å². The average Bonchev–Trinajstić information content (AvgIpc) is 2.93. The molecule has 1 saturated carbocycles. The van der Waals surface area contributed by atoms with Crippen molar-refractivity contribution in [3.8, 4) is 0 Å². The number of rotatable bonds is 4. The Morgan fingerprint density at radius 2 is 2.24 bits per heavy atom. The van der Waals surface area contributed by atoms with Crippen molar-refractivity contribution in [1.82, 2.24) is 9.80 Å². The van der Waals surface area contributed by atoms with Crippen LogP contribution in [0.3, 0.4) is 0 Å². The Labute approximate surface area is 109 Å². The zero-order chi connectivity index (χ0) is 11.9. The van der Waals surface area contributed by atoms with Gasteiger partial charge in [-0.3, -0.25) is 9.80 Å². The number of likely N-dealkylation sites (tertiary alicyclic amines) is 1. The largest absolute Gasteiger partial charge is 0.329 e. The summed E-state index contributed by atoms with van der Waals surface area (Å²) in [6, 6.07) is 1.66. The molecule has 4 heteroatoms. The van der Waals surface area contributed by atoms with E-state index in [1.807, 2.05) is 0 Å². The highest BCUT2D eigenvalue weighted by molar-refractivity contribution is 7.99. The molecule has 3 rings (SSSR count). The van der Waals surface area contributed by atoms with Gasteiger partial charge in [-0.25, -0.2) is 0 Å². The fourth-order valence-corrected chi connectivity index (χ4v) is 4.72. The van der Waals surface area contributed by atoms with Crippen molar-refractivity contribution in [2.24, 2.45) is 5.73 Å². The summed E-state index contributed by atoms with van der Waals surface area (Å²) in [5.41, 5.74) is 6.42. The number of nitrogens with zero attached hydrogens (tertiary/aromatic N) is 2. The van der Waals surface area contributed by atoms with Crippen LogP contribution in [0.2, 0.25) is 0 Å². The first-order chi connectivity index (χ1) is 8.25. The smallest absolute Gasteiger partial charge is 0.0470 e. The van der Waals surface area contributed by atoms with E-state index in [0.717, 1.165) is 18.6 Å². The molecule has 1 aliphatic carbocycles. The second-order valence-electron chi connectivity index (χ2n) is 6.01. The van der Waals surface area contributed by atoms with E-state index in [-0.39, 0.29) is 5.54 Å². The van der Waals surface area contributed by atoms with Crippen molar-refractivity contribution in [1.29, 1.82) is 0 Å². The Hall–Kier alpha value is 0.230. The van der Waals surface area contributed by atoms with Gasteiger partial charge in [-0.05, 0) is 38.5 Å². The molecule has 0 spiro atoms. The first-order valence-electron chi connectivity index (χ1n) is 7.00. The Kier molecular flexibility index (Phi) is 3.41. The Balaban J connectivity index is 1.68. The summed E-state index contributed by atoms with van der Waals surface area (Å²) in [5, 5.41) is 0. The van der Waals surface area contributed by atoms with E-state index in [0.29, 0.717) is 0 Å².